The number of halogens is 1. The van der Waals surface area contributed by atoms with Gasteiger partial charge in [-0.15, -0.1) is 0 Å². The quantitative estimate of drug-likeness (QED) is 0.651. The fraction of sp³-hybridized carbons (Fsp3) is 0.304. The molecule has 150 valence electrons. The molecule has 1 saturated heterocycles. The lowest BCUT2D eigenvalue weighted by molar-refractivity contribution is -0.0352. The Balaban J connectivity index is 1.52. The highest BCUT2D eigenvalue weighted by Gasteiger charge is 2.24. The van der Waals surface area contributed by atoms with Gasteiger partial charge in [0.05, 0.1) is 37.5 Å². The molecule has 2 aromatic carbocycles. The Morgan fingerprint density at radius 3 is 2.90 bits per heavy atom. The largest absolute Gasteiger partial charge is 0.496 e. The molecule has 5 nitrogen and oxygen atoms in total. The molecule has 0 radical (unpaired) electrons. The molecule has 0 spiro atoms. The Hall–Kier alpha value is -2.83. The molecule has 6 heteroatoms. The lowest BCUT2D eigenvalue weighted by atomic mass is 10.1. The van der Waals surface area contributed by atoms with Gasteiger partial charge in [-0.05, 0) is 30.7 Å². The lowest BCUT2D eigenvalue weighted by Gasteiger charge is -2.33. The summed E-state index contributed by atoms with van der Waals surface area (Å²) in [5, 5.41) is 0. The molecule has 0 amide bonds. The summed E-state index contributed by atoms with van der Waals surface area (Å²) in [5.74, 6) is 0.589. The molecule has 4 rings (SSSR count). The Labute approximate surface area is 170 Å². The van der Waals surface area contributed by atoms with E-state index in [2.05, 4.69) is 40.0 Å². The summed E-state index contributed by atoms with van der Waals surface area (Å²) in [5.41, 5.74) is 3.99. The minimum absolute atomic E-state index is 0.209. The van der Waals surface area contributed by atoms with Crippen molar-refractivity contribution in [1.82, 2.24) is 14.9 Å². The molecule has 2 heterocycles. The summed E-state index contributed by atoms with van der Waals surface area (Å²) in [4.78, 5) is 11.2. The van der Waals surface area contributed by atoms with Crippen LogP contribution in [0, 0.1) is 12.7 Å². The molecule has 3 aromatic rings. The summed E-state index contributed by atoms with van der Waals surface area (Å²) in [6.45, 7) is 4.94. The maximum Gasteiger partial charge on any atom is 0.132 e. The number of morpholine rings is 1. The van der Waals surface area contributed by atoms with Gasteiger partial charge in [-0.25, -0.2) is 9.37 Å². The van der Waals surface area contributed by atoms with Crippen molar-refractivity contribution in [3.63, 3.8) is 0 Å². The van der Waals surface area contributed by atoms with Gasteiger partial charge in [0.2, 0.25) is 0 Å². The topological polar surface area (TPSA) is 47.5 Å². The maximum atomic E-state index is 14.1. The number of hydrogen-bond donors (Lipinski definition) is 0. The first-order valence-electron chi connectivity index (χ1n) is 9.68. The zero-order valence-corrected chi connectivity index (χ0v) is 16.6. The number of aryl methyl sites for hydroxylation is 1. The normalized spacial score (nSPS) is 17.3. The second-order valence-corrected chi connectivity index (χ2v) is 7.22. The van der Waals surface area contributed by atoms with Gasteiger partial charge in [0.1, 0.15) is 17.7 Å². The summed E-state index contributed by atoms with van der Waals surface area (Å²) in [7, 11) is 1.70. The molecular weight excluding hydrogens is 369 g/mol. The van der Waals surface area contributed by atoms with Crippen LogP contribution < -0.4 is 4.74 Å². The van der Waals surface area contributed by atoms with Crippen LogP contribution in [0.4, 0.5) is 4.39 Å². The van der Waals surface area contributed by atoms with Crippen molar-refractivity contribution in [3.05, 3.63) is 77.5 Å². The molecule has 1 aliphatic heterocycles. The van der Waals surface area contributed by atoms with Crippen LogP contribution in [0.15, 0.2) is 54.9 Å². The zero-order chi connectivity index (χ0) is 20.2. The second-order valence-electron chi connectivity index (χ2n) is 7.22. The number of benzene rings is 2. The van der Waals surface area contributed by atoms with Gasteiger partial charge in [-0.1, -0.05) is 24.3 Å². The smallest absolute Gasteiger partial charge is 0.132 e. The monoisotopic (exact) mass is 393 g/mol. The molecule has 0 N–H and O–H groups in total. The molecule has 1 aliphatic rings. The highest BCUT2D eigenvalue weighted by atomic mass is 19.1. The number of methoxy groups -OCH3 is 1. The summed E-state index contributed by atoms with van der Waals surface area (Å²) < 4.78 is 25.6. The van der Waals surface area contributed by atoms with Crippen LogP contribution in [0.1, 0.15) is 22.9 Å². The molecule has 0 aliphatic carbocycles. The van der Waals surface area contributed by atoms with Crippen LogP contribution in [0.3, 0.4) is 0 Å². The van der Waals surface area contributed by atoms with E-state index in [0.717, 1.165) is 24.4 Å². The third-order valence-electron chi connectivity index (χ3n) is 5.12. The van der Waals surface area contributed by atoms with Crippen molar-refractivity contribution < 1.29 is 13.9 Å². The van der Waals surface area contributed by atoms with Crippen molar-refractivity contribution in [2.24, 2.45) is 0 Å². The first-order chi connectivity index (χ1) is 14.1. The first kappa shape index (κ1) is 19.5. The van der Waals surface area contributed by atoms with E-state index in [1.165, 1.54) is 11.6 Å². The van der Waals surface area contributed by atoms with E-state index in [-0.39, 0.29) is 11.9 Å². The highest BCUT2D eigenvalue weighted by molar-refractivity contribution is 5.58. The zero-order valence-electron chi connectivity index (χ0n) is 16.6. The van der Waals surface area contributed by atoms with Crippen molar-refractivity contribution in [3.8, 4) is 17.0 Å². The molecule has 29 heavy (non-hydrogen) atoms. The predicted octanol–water partition coefficient (Wildman–Crippen LogP) is 4.17. The van der Waals surface area contributed by atoms with Gasteiger partial charge in [0.15, 0.2) is 0 Å². The van der Waals surface area contributed by atoms with Crippen LogP contribution >= 0.6 is 0 Å². The van der Waals surface area contributed by atoms with Crippen molar-refractivity contribution in [1.29, 1.82) is 0 Å². The van der Waals surface area contributed by atoms with Gasteiger partial charge in [-0.2, -0.15) is 0 Å². The van der Waals surface area contributed by atoms with E-state index >= 15 is 0 Å². The van der Waals surface area contributed by atoms with E-state index < -0.39 is 0 Å². The fourth-order valence-electron chi connectivity index (χ4n) is 3.58. The number of hydrogen-bond acceptors (Lipinski definition) is 5. The van der Waals surface area contributed by atoms with Gasteiger partial charge >= 0.3 is 0 Å². The SMILES string of the molecule is COc1cc(C)ccc1CN1CCO[C@H](c2cncc(-c3ccccc3F)n2)C1. The molecule has 1 aromatic heterocycles. The van der Waals surface area contributed by atoms with Crippen molar-refractivity contribution >= 4 is 0 Å². The number of rotatable bonds is 5. The van der Waals surface area contributed by atoms with Crippen LogP contribution in [0.2, 0.25) is 0 Å². The average Bonchev–Trinajstić information content (AvgIpc) is 2.75. The average molecular weight is 393 g/mol. The molecule has 0 unspecified atom stereocenters. The van der Waals surface area contributed by atoms with Crippen molar-refractivity contribution in [2.75, 3.05) is 26.8 Å². The first-order valence-corrected chi connectivity index (χ1v) is 9.68. The van der Waals surface area contributed by atoms with E-state index in [0.29, 0.717) is 30.1 Å². The summed E-state index contributed by atoms with van der Waals surface area (Å²) >= 11 is 0. The number of nitrogens with zero attached hydrogens (tertiary/aromatic N) is 3. The third kappa shape index (κ3) is 4.44. The Bertz CT molecular complexity index is 995. The molecule has 0 bridgehead atoms. The molecule has 1 fully saturated rings. The van der Waals surface area contributed by atoms with Gasteiger partial charge < -0.3 is 9.47 Å². The van der Waals surface area contributed by atoms with Gasteiger partial charge in [0, 0.05) is 30.8 Å². The fourth-order valence-corrected chi connectivity index (χ4v) is 3.58. The van der Waals surface area contributed by atoms with Crippen LogP contribution in [-0.4, -0.2) is 41.7 Å². The van der Waals surface area contributed by atoms with Crippen LogP contribution in [-0.2, 0) is 11.3 Å². The van der Waals surface area contributed by atoms with Crippen LogP contribution in [0.25, 0.3) is 11.3 Å². The minimum Gasteiger partial charge on any atom is -0.496 e. The van der Waals surface area contributed by atoms with E-state index in [9.17, 15) is 4.39 Å². The predicted molar refractivity (Wildman–Crippen MR) is 109 cm³/mol. The van der Waals surface area contributed by atoms with E-state index in [1.807, 2.05) is 0 Å². The molecular formula is C23H24FN3O2. The Morgan fingerprint density at radius 1 is 1.21 bits per heavy atom. The third-order valence-corrected chi connectivity index (χ3v) is 5.12. The lowest BCUT2D eigenvalue weighted by Crippen LogP contribution is -2.38. The summed E-state index contributed by atoms with van der Waals surface area (Å²) in [6.07, 6.45) is 3.07. The standard InChI is InChI=1S/C23H24FN3O2/c1-16-7-8-17(22(11-16)28-2)14-27-9-10-29-23(15-27)21-13-25-12-20(26-21)18-5-3-4-6-19(18)24/h3-8,11-13,23H,9-10,14-15H2,1-2H3/t23-/m0/s1. The Kier molecular flexibility index (Phi) is 5.83. The van der Waals surface area contributed by atoms with Gasteiger partial charge in [0.25, 0.3) is 0 Å². The Morgan fingerprint density at radius 2 is 2.07 bits per heavy atom. The number of aromatic nitrogens is 2. The minimum atomic E-state index is -0.309. The second kappa shape index (κ2) is 8.68. The highest BCUT2D eigenvalue weighted by Crippen LogP contribution is 2.27. The molecule has 1 atom stereocenters. The number of ether oxygens (including phenoxy) is 2. The maximum absolute atomic E-state index is 14.1. The van der Waals surface area contributed by atoms with Gasteiger partial charge in [-0.3, -0.25) is 9.88 Å². The van der Waals surface area contributed by atoms with Crippen molar-refractivity contribution in [2.45, 2.75) is 19.6 Å². The summed E-state index contributed by atoms with van der Waals surface area (Å²) in [6, 6.07) is 12.9. The van der Waals surface area contributed by atoms with E-state index in [1.54, 1.807) is 37.7 Å². The van der Waals surface area contributed by atoms with E-state index in [4.69, 9.17) is 9.47 Å². The van der Waals surface area contributed by atoms with Crippen LogP contribution in [0.5, 0.6) is 5.75 Å². The molecule has 0 saturated carbocycles.